The van der Waals surface area contributed by atoms with Gasteiger partial charge in [-0.15, -0.1) is 0 Å². The number of halogens is 1. The number of hydrogen-bond acceptors (Lipinski definition) is 5. The number of anilines is 2. The maximum atomic E-state index is 12.5. The van der Waals surface area contributed by atoms with Crippen molar-refractivity contribution in [3.05, 3.63) is 77.3 Å². The van der Waals surface area contributed by atoms with Crippen LogP contribution < -0.4 is 24.4 Å². The Morgan fingerprint density at radius 3 is 2.50 bits per heavy atom. The number of nitrogens with one attached hydrogen (secondary N) is 1. The Kier molecular flexibility index (Phi) is 6.47. The van der Waals surface area contributed by atoms with Crippen LogP contribution in [0.5, 0.6) is 17.2 Å². The van der Waals surface area contributed by atoms with Gasteiger partial charge in [-0.2, -0.15) is 0 Å². The predicted molar refractivity (Wildman–Crippen MR) is 122 cm³/mol. The topological polar surface area (TPSA) is 77.1 Å². The number of ether oxygens (including phenoxy) is 3. The fraction of sp³-hybridized carbons (Fsp3) is 0.167. The maximum Gasteiger partial charge on any atom is 0.265 e. The summed E-state index contributed by atoms with van der Waals surface area (Å²) in [6.07, 6.45) is 0. The highest BCUT2D eigenvalue weighted by Gasteiger charge is 2.26. The average Bonchev–Trinajstić information content (AvgIpc) is 2.81. The van der Waals surface area contributed by atoms with Crippen molar-refractivity contribution in [1.29, 1.82) is 0 Å². The minimum atomic E-state index is -0.279. The zero-order valence-corrected chi connectivity index (χ0v) is 18.1. The van der Waals surface area contributed by atoms with E-state index < -0.39 is 0 Å². The molecule has 0 saturated heterocycles. The fourth-order valence-electron chi connectivity index (χ4n) is 3.26. The first-order valence-electron chi connectivity index (χ1n) is 9.94. The van der Waals surface area contributed by atoms with Gasteiger partial charge in [-0.25, -0.2) is 0 Å². The number of carbonyl (C=O) groups is 2. The van der Waals surface area contributed by atoms with E-state index in [1.54, 1.807) is 78.7 Å². The van der Waals surface area contributed by atoms with E-state index in [0.29, 0.717) is 46.6 Å². The van der Waals surface area contributed by atoms with Crippen LogP contribution in [0.15, 0.2) is 66.7 Å². The molecule has 3 aromatic rings. The Balaban J connectivity index is 1.45. The molecule has 8 heteroatoms. The molecular weight excluding hydrogens is 432 g/mol. The molecule has 1 heterocycles. The molecule has 3 aromatic carbocycles. The lowest BCUT2D eigenvalue weighted by Gasteiger charge is -2.29. The van der Waals surface area contributed by atoms with Crippen LogP contribution in [-0.4, -0.2) is 38.7 Å². The Labute approximate surface area is 190 Å². The van der Waals surface area contributed by atoms with Crippen molar-refractivity contribution < 1.29 is 23.8 Å². The molecule has 1 aliphatic heterocycles. The highest BCUT2D eigenvalue weighted by molar-refractivity contribution is 6.30. The van der Waals surface area contributed by atoms with E-state index in [2.05, 4.69) is 5.32 Å². The third-order valence-corrected chi connectivity index (χ3v) is 5.16. The number of methoxy groups -OCH3 is 1. The highest BCUT2D eigenvalue weighted by Crippen LogP contribution is 2.34. The first kappa shape index (κ1) is 21.5. The number of amides is 2. The van der Waals surface area contributed by atoms with E-state index in [-0.39, 0.29) is 18.4 Å². The Bertz CT molecular complexity index is 1120. The van der Waals surface area contributed by atoms with Gasteiger partial charge in [0.2, 0.25) is 0 Å². The van der Waals surface area contributed by atoms with Gasteiger partial charge >= 0.3 is 0 Å². The van der Waals surface area contributed by atoms with Crippen LogP contribution in [0.1, 0.15) is 10.4 Å². The van der Waals surface area contributed by atoms with Crippen molar-refractivity contribution in [2.24, 2.45) is 0 Å². The molecule has 0 aliphatic carbocycles. The van der Waals surface area contributed by atoms with Gasteiger partial charge in [-0.3, -0.25) is 9.59 Å². The van der Waals surface area contributed by atoms with Gasteiger partial charge in [0.15, 0.2) is 6.61 Å². The van der Waals surface area contributed by atoms with Crippen LogP contribution in [0.25, 0.3) is 0 Å². The van der Waals surface area contributed by atoms with Gasteiger partial charge in [0.1, 0.15) is 23.9 Å². The molecule has 0 radical (unpaired) electrons. The number of hydrogen-bond donors (Lipinski definition) is 1. The zero-order chi connectivity index (χ0) is 22.5. The molecule has 0 bridgehead atoms. The molecule has 2 amide bonds. The van der Waals surface area contributed by atoms with Crippen molar-refractivity contribution in [3.63, 3.8) is 0 Å². The van der Waals surface area contributed by atoms with E-state index >= 15 is 0 Å². The lowest BCUT2D eigenvalue weighted by atomic mass is 10.2. The molecule has 0 spiro atoms. The summed E-state index contributed by atoms with van der Waals surface area (Å²) in [5.41, 5.74) is 1.60. The van der Waals surface area contributed by atoms with Crippen LogP contribution in [-0.2, 0) is 4.79 Å². The van der Waals surface area contributed by atoms with Crippen LogP contribution in [0.2, 0.25) is 5.02 Å². The number of rotatable bonds is 7. The third kappa shape index (κ3) is 4.95. The van der Waals surface area contributed by atoms with Crippen LogP contribution in [0.3, 0.4) is 0 Å². The van der Waals surface area contributed by atoms with E-state index in [9.17, 15) is 9.59 Å². The van der Waals surface area contributed by atoms with Gasteiger partial charge in [0.25, 0.3) is 11.8 Å². The summed E-state index contributed by atoms with van der Waals surface area (Å²) in [5, 5.41) is 3.39. The fourth-order valence-corrected chi connectivity index (χ4v) is 3.38. The van der Waals surface area contributed by atoms with Gasteiger partial charge in [-0.05, 0) is 66.7 Å². The summed E-state index contributed by atoms with van der Waals surface area (Å²) in [5.74, 6) is 1.52. The lowest BCUT2D eigenvalue weighted by molar-refractivity contribution is -0.121. The van der Waals surface area contributed by atoms with Crippen molar-refractivity contribution in [1.82, 2.24) is 0 Å². The van der Waals surface area contributed by atoms with Gasteiger partial charge in [0.05, 0.1) is 19.3 Å². The van der Waals surface area contributed by atoms with E-state index in [1.807, 2.05) is 0 Å². The molecule has 7 nitrogen and oxygen atoms in total. The summed E-state index contributed by atoms with van der Waals surface area (Å²) in [6.45, 7) is 0.570. The van der Waals surface area contributed by atoms with Crippen LogP contribution in [0.4, 0.5) is 11.4 Å². The summed E-state index contributed by atoms with van der Waals surface area (Å²) in [7, 11) is 1.60. The predicted octanol–water partition coefficient (Wildman–Crippen LogP) is 4.41. The number of fused-ring (bicyclic) bond motifs is 1. The molecule has 1 N–H and O–H groups in total. The number of carbonyl (C=O) groups excluding carboxylic acids is 2. The minimum absolute atomic E-state index is 0.0496. The molecule has 0 aromatic heterocycles. The second-order valence-electron chi connectivity index (χ2n) is 7.00. The molecule has 0 fully saturated rings. The number of benzene rings is 3. The SMILES string of the molecule is COc1ccc(OCCN2C(=O)COc3ccc(NC(=O)c4ccc(Cl)cc4)cc32)cc1. The monoisotopic (exact) mass is 452 g/mol. The molecule has 32 heavy (non-hydrogen) atoms. The van der Waals surface area contributed by atoms with Crippen molar-refractivity contribution >= 4 is 34.8 Å². The summed E-state index contributed by atoms with van der Waals surface area (Å²) >= 11 is 5.88. The molecule has 4 rings (SSSR count). The third-order valence-electron chi connectivity index (χ3n) is 4.91. The van der Waals surface area contributed by atoms with Crippen molar-refractivity contribution in [3.8, 4) is 17.2 Å². The molecule has 0 atom stereocenters. The summed E-state index contributed by atoms with van der Waals surface area (Å²) in [6, 6.07) is 19.0. The van der Waals surface area contributed by atoms with Crippen LogP contribution >= 0.6 is 11.6 Å². The molecule has 0 unspecified atom stereocenters. The minimum Gasteiger partial charge on any atom is -0.497 e. The van der Waals surface area contributed by atoms with Crippen molar-refractivity contribution in [2.45, 2.75) is 0 Å². The Morgan fingerprint density at radius 1 is 1.06 bits per heavy atom. The lowest BCUT2D eigenvalue weighted by Crippen LogP contribution is -2.41. The Hall–Kier alpha value is -3.71. The maximum absolute atomic E-state index is 12.5. The quantitative estimate of drug-likeness (QED) is 0.574. The molecule has 0 saturated carbocycles. The van der Waals surface area contributed by atoms with Crippen LogP contribution in [0, 0.1) is 0 Å². The smallest absolute Gasteiger partial charge is 0.265 e. The van der Waals surface area contributed by atoms with Gasteiger partial charge in [-0.1, -0.05) is 11.6 Å². The van der Waals surface area contributed by atoms with Gasteiger partial charge in [0, 0.05) is 16.3 Å². The van der Waals surface area contributed by atoms with E-state index in [4.69, 9.17) is 25.8 Å². The molecular formula is C24H21ClN2O5. The first-order chi connectivity index (χ1) is 15.5. The molecule has 1 aliphatic rings. The standard InChI is InChI=1S/C24H21ClN2O5/c1-30-19-7-9-20(10-8-19)31-13-12-27-21-14-18(6-11-22(21)32-15-23(27)28)26-24(29)16-2-4-17(25)5-3-16/h2-11,14H,12-13,15H2,1H3,(H,26,29). The van der Waals surface area contributed by atoms with E-state index in [1.165, 1.54) is 0 Å². The number of nitrogens with zero attached hydrogens (tertiary/aromatic N) is 1. The normalized spacial score (nSPS) is 12.6. The summed E-state index contributed by atoms with van der Waals surface area (Å²) < 4.78 is 16.4. The van der Waals surface area contributed by atoms with E-state index in [0.717, 1.165) is 5.75 Å². The largest absolute Gasteiger partial charge is 0.497 e. The van der Waals surface area contributed by atoms with Crippen molar-refractivity contribution in [2.75, 3.05) is 37.1 Å². The first-order valence-corrected chi connectivity index (χ1v) is 10.3. The molecule has 164 valence electrons. The second kappa shape index (κ2) is 9.62. The second-order valence-corrected chi connectivity index (χ2v) is 7.44. The summed E-state index contributed by atoms with van der Waals surface area (Å²) in [4.78, 5) is 26.6. The zero-order valence-electron chi connectivity index (χ0n) is 17.3. The van der Waals surface area contributed by atoms with Gasteiger partial charge < -0.3 is 24.4 Å². The Morgan fingerprint density at radius 2 is 1.78 bits per heavy atom. The highest BCUT2D eigenvalue weighted by atomic mass is 35.5. The average molecular weight is 453 g/mol.